The fraction of sp³-hybridized carbons (Fsp3) is 0.231. The highest BCUT2D eigenvalue weighted by atomic mass is 32.1. The fourth-order valence-electron chi connectivity index (χ4n) is 1.79. The van der Waals surface area contributed by atoms with E-state index in [-0.39, 0.29) is 0 Å². The molecule has 0 aliphatic heterocycles. The van der Waals surface area contributed by atoms with Gasteiger partial charge in [0.2, 0.25) is 0 Å². The fourth-order valence-corrected chi connectivity index (χ4v) is 2.86. The molecular formula is C13H12N2S. The van der Waals surface area contributed by atoms with E-state index in [1.165, 1.54) is 15.1 Å². The summed E-state index contributed by atoms with van der Waals surface area (Å²) in [5, 5.41) is 2.40. The first-order valence-corrected chi connectivity index (χ1v) is 6.21. The maximum Gasteiger partial charge on any atom is 0.100 e. The maximum atomic E-state index is 4.62. The van der Waals surface area contributed by atoms with Crippen LogP contribution >= 0.6 is 11.3 Å². The Morgan fingerprint density at radius 1 is 1.12 bits per heavy atom. The zero-order chi connectivity index (χ0) is 11.1. The van der Waals surface area contributed by atoms with Crippen LogP contribution in [-0.4, -0.2) is 9.97 Å². The molecule has 0 N–H and O–H groups in total. The number of para-hydroxylation sites is 1. The molecule has 3 rings (SSSR count). The number of benzene rings is 1. The number of rotatable bonds is 1. The molecule has 0 unspecified atom stereocenters. The standard InChI is InChI=1S/C13H12N2S/c1-8(2)13-15-11-7-14-10-6-4-3-5-9(10)12(11)16-13/h3-8H,1-2H3. The molecule has 2 aromatic heterocycles. The van der Waals surface area contributed by atoms with E-state index in [1.54, 1.807) is 11.3 Å². The van der Waals surface area contributed by atoms with Gasteiger partial charge < -0.3 is 0 Å². The van der Waals surface area contributed by atoms with E-state index in [0.717, 1.165) is 11.0 Å². The van der Waals surface area contributed by atoms with Gasteiger partial charge in [-0.25, -0.2) is 4.98 Å². The van der Waals surface area contributed by atoms with Gasteiger partial charge in [-0.2, -0.15) is 0 Å². The molecule has 0 atom stereocenters. The largest absolute Gasteiger partial charge is 0.254 e. The van der Waals surface area contributed by atoms with E-state index < -0.39 is 0 Å². The second-order valence-corrected chi connectivity index (χ2v) is 5.23. The van der Waals surface area contributed by atoms with E-state index >= 15 is 0 Å². The molecule has 2 heterocycles. The molecule has 0 aliphatic carbocycles. The monoisotopic (exact) mass is 228 g/mol. The summed E-state index contributed by atoms with van der Waals surface area (Å²) in [5.74, 6) is 0.483. The summed E-state index contributed by atoms with van der Waals surface area (Å²) < 4.78 is 1.26. The number of aromatic nitrogens is 2. The van der Waals surface area contributed by atoms with Crippen LogP contribution in [0.1, 0.15) is 24.8 Å². The normalized spacial score (nSPS) is 11.7. The minimum absolute atomic E-state index is 0.483. The predicted molar refractivity (Wildman–Crippen MR) is 69.0 cm³/mol. The average molecular weight is 228 g/mol. The van der Waals surface area contributed by atoms with Gasteiger partial charge >= 0.3 is 0 Å². The minimum atomic E-state index is 0.483. The van der Waals surface area contributed by atoms with E-state index in [1.807, 2.05) is 18.3 Å². The van der Waals surface area contributed by atoms with Crippen molar-refractivity contribution in [1.82, 2.24) is 9.97 Å². The molecule has 0 saturated heterocycles. The van der Waals surface area contributed by atoms with Gasteiger partial charge in [0.15, 0.2) is 0 Å². The Balaban J connectivity index is 2.41. The van der Waals surface area contributed by atoms with Crippen molar-refractivity contribution in [3.05, 3.63) is 35.5 Å². The van der Waals surface area contributed by atoms with Gasteiger partial charge in [-0.05, 0) is 6.07 Å². The van der Waals surface area contributed by atoms with Crippen molar-refractivity contribution in [1.29, 1.82) is 0 Å². The summed E-state index contributed by atoms with van der Waals surface area (Å²) in [7, 11) is 0. The smallest absolute Gasteiger partial charge is 0.100 e. The van der Waals surface area contributed by atoms with Crippen LogP contribution in [0.2, 0.25) is 0 Å². The van der Waals surface area contributed by atoms with Crippen LogP contribution in [0.25, 0.3) is 21.1 Å². The van der Waals surface area contributed by atoms with E-state index in [0.29, 0.717) is 5.92 Å². The van der Waals surface area contributed by atoms with Gasteiger partial charge in [-0.15, -0.1) is 11.3 Å². The molecule has 0 bridgehead atoms. The molecule has 3 aromatic rings. The Morgan fingerprint density at radius 2 is 1.94 bits per heavy atom. The second-order valence-electron chi connectivity index (χ2n) is 4.20. The van der Waals surface area contributed by atoms with Crippen LogP contribution in [-0.2, 0) is 0 Å². The SMILES string of the molecule is CC(C)c1nc2cnc3ccccc3c2s1. The number of hydrogen-bond acceptors (Lipinski definition) is 3. The van der Waals surface area contributed by atoms with E-state index in [9.17, 15) is 0 Å². The van der Waals surface area contributed by atoms with Crippen LogP contribution in [0.3, 0.4) is 0 Å². The lowest BCUT2D eigenvalue weighted by atomic mass is 10.2. The van der Waals surface area contributed by atoms with Crippen molar-refractivity contribution < 1.29 is 0 Å². The number of thiazole rings is 1. The van der Waals surface area contributed by atoms with Gasteiger partial charge in [-0.1, -0.05) is 32.0 Å². The van der Waals surface area contributed by atoms with Crippen LogP contribution in [0.4, 0.5) is 0 Å². The second kappa shape index (κ2) is 3.52. The lowest BCUT2D eigenvalue weighted by Gasteiger charge is -1.95. The molecule has 80 valence electrons. The third-order valence-corrected chi connectivity index (χ3v) is 4.04. The van der Waals surface area contributed by atoms with Gasteiger partial charge in [-0.3, -0.25) is 4.98 Å². The van der Waals surface area contributed by atoms with Crippen LogP contribution in [0.5, 0.6) is 0 Å². The third-order valence-electron chi connectivity index (χ3n) is 2.64. The van der Waals surface area contributed by atoms with Crippen molar-refractivity contribution in [2.45, 2.75) is 19.8 Å². The summed E-state index contributed by atoms with van der Waals surface area (Å²) in [4.78, 5) is 9.04. The van der Waals surface area contributed by atoms with Crippen molar-refractivity contribution >= 4 is 32.5 Å². The van der Waals surface area contributed by atoms with Gasteiger partial charge in [0.05, 0.1) is 21.4 Å². The highest BCUT2D eigenvalue weighted by molar-refractivity contribution is 7.19. The molecule has 3 heteroatoms. The molecule has 0 fully saturated rings. The lowest BCUT2D eigenvalue weighted by molar-refractivity contribution is 0.856. The highest BCUT2D eigenvalue weighted by Crippen LogP contribution is 2.31. The quantitative estimate of drug-likeness (QED) is 0.630. The zero-order valence-electron chi connectivity index (χ0n) is 9.27. The van der Waals surface area contributed by atoms with Crippen molar-refractivity contribution in [3.63, 3.8) is 0 Å². The Hall–Kier alpha value is -1.48. The Morgan fingerprint density at radius 3 is 2.75 bits per heavy atom. The first-order chi connectivity index (χ1) is 7.75. The summed E-state index contributed by atoms with van der Waals surface area (Å²) in [5.41, 5.74) is 2.07. The first kappa shape index (κ1) is 9.73. The summed E-state index contributed by atoms with van der Waals surface area (Å²) in [6.45, 7) is 4.35. The number of nitrogens with zero attached hydrogens (tertiary/aromatic N) is 2. The number of pyridine rings is 1. The molecule has 2 nitrogen and oxygen atoms in total. The van der Waals surface area contributed by atoms with Crippen LogP contribution < -0.4 is 0 Å². The zero-order valence-corrected chi connectivity index (χ0v) is 10.1. The average Bonchev–Trinajstić information content (AvgIpc) is 2.73. The minimum Gasteiger partial charge on any atom is -0.254 e. The van der Waals surface area contributed by atoms with Crippen molar-refractivity contribution in [2.75, 3.05) is 0 Å². The maximum absolute atomic E-state index is 4.62. The predicted octanol–water partition coefficient (Wildman–Crippen LogP) is 3.97. The van der Waals surface area contributed by atoms with Crippen LogP contribution in [0.15, 0.2) is 30.5 Å². The molecule has 0 aliphatic rings. The summed E-state index contributed by atoms with van der Waals surface area (Å²) in [6, 6.07) is 8.24. The topological polar surface area (TPSA) is 25.8 Å². The third kappa shape index (κ3) is 1.39. The molecule has 0 amide bonds. The van der Waals surface area contributed by atoms with Gasteiger partial charge in [0.25, 0.3) is 0 Å². The highest BCUT2D eigenvalue weighted by Gasteiger charge is 2.10. The molecule has 16 heavy (non-hydrogen) atoms. The lowest BCUT2D eigenvalue weighted by Crippen LogP contribution is -1.83. The van der Waals surface area contributed by atoms with Crippen LogP contribution in [0, 0.1) is 0 Å². The molecular weight excluding hydrogens is 216 g/mol. The summed E-state index contributed by atoms with van der Waals surface area (Å²) >= 11 is 1.78. The molecule has 0 spiro atoms. The van der Waals surface area contributed by atoms with Gasteiger partial charge in [0, 0.05) is 11.3 Å². The van der Waals surface area contributed by atoms with Crippen molar-refractivity contribution in [3.8, 4) is 0 Å². The first-order valence-electron chi connectivity index (χ1n) is 5.40. The Bertz CT molecular complexity index is 655. The Kier molecular flexibility index (Phi) is 2.14. The van der Waals surface area contributed by atoms with E-state index in [4.69, 9.17) is 0 Å². The molecule has 0 saturated carbocycles. The Labute approximate surface area is 98.0 Å². The van der Waals surface area contributed by atoms with E-state index in [2.05, 4.69) is 35.9 Å². The molecule has 0 radical (unpaired) electrons. The number of hydrogen-bond donors (Lipinski definition) is 0. The van der Waals surface area contributed by atoms with Crippen molar-refractivity contribution in [2.24, 2.45) is 0 Å². The van der Waals surface area contributed by atoms with Gasteiger partial charge in [0.1, 0.15) is 5.52 Å². The molecule has 1 aromatic carbocycles. The number of fused-ring (bicyclic) bond motifs is 3. The summed E-state index contributed by atoms with van der Waals surface area (Å²) in [6.07, 6.45) is 1.88.